The number of hydrogen-bond acceptors (Lipinski definition) is 2. The Balaban J connectivity index is 0.966. The van der Waals surface area contributed by atoms with Crippen molar-refractivity contribution in [1.82, 2.24) is 4.57 Å². The first-order valence-electron chi connectivity index (χ1n) is 34.6. The van der Waals surface area contributed by atoms with Crippen LogP contribution in [0.2, 0.25) is 0 Å². The van der Waals surface area contributed by atoms with Gasteiger partial charge in [0.05, 0.1) is 16.7 Å². The summed E-state index contributed by atoms with van der Waals surface area (Å²) in [5, 5.41) is 2.48. The van der Waals surface area contributed by atoms with E-state index < -0.39 is 0 Å². The van der Waals surface area contributed by atoms with Gasteiger partial charge < -0.3 is 14.4 Å². The van der Waals surface area contributed by atoms with Crippen LogP contribution in [0.4, 0.5) is 34.1 Å². The Labute approximate surface area is 559 Å². The van der Waals surface area contributed by atoms with Crippen LogP contribution in [-0.2, 0) is 32.5 Å². The topological polar surface area (TPSA) is 11.4 Å². The molecule has 0 N–H and O–H groups in total. The second-order valence-electron chi connectivity index (χ2n) is 32.7. The molecule has 16 rings (SSSR count). The summed E-state index contributed by atoms with van der Waals surface area (Å²) >= 11 is 0. The summed E-state index contributed by atoms with van der Waals surface area (Å²) in [5.41, 5.74) is 33.2. The van der Waals surface area contributed by atoms with Crippen LogP contribution in [0.15, 0.2) is 231 Å². The second kappa shape index (κ2) is 21.2. The molecular weight excluding hydrogens is 1130 g/mol. The summed E-state index contributed by atoms with van der Waals surface area (Å²) in [6.07, 6.45) is 4.75. The molecule has 0 amide bonds. The molecule has 0 unspecified atom stereocenters. The first-order valence-corrected chi connectivity index (χ1v) is 34.6. The van der Waals surface area contributed by atoms with Crippen molar-refractivity contribution in [3.05, 3.63) is 264 Å². The molecule has 4 aliphatic rings. The number of para-hydroxylation sites is 2. The number of rotatable bonds is 7. The first-order chi connectivity index (χ1) is 44.8. The highest BCUT2D eigenvalue weighted by molar-refractivity contribution is 7.00. The minimum Gasteiger partial charge on any atom is -0.311 e. The third-order valence-electron chi connectivity index (χ3n) is 22.6. The van der Waals surface area contributed by atoms with Gasteiger partial charge in [-0.15, -0.1) is 0 Å². The maximum absolute atomic E-state index is 2.62. The van der Waals surface area contributed by atoms with Crippen LogP contribution >= 0.6 is 0 Å². The maximum atomic E-state index is 2.62. The molecule has 3 nitrogen and oxygen atoms in total. The van der Waals surface area contributed by atoms with Gasteiger partial charge in [0.15, 0.2) is 0 Å². The van der Waals surface area contributed by atoms with Crippen LogP contribution in [0, 0.1) is 0 Å². The summed E-state index contributed by atoms with van der Waals surface area (Å²) < 4.78 is 2.53. The first kappa shape index (κ1) is 59.9. The highest BCUT2D eigenvalue weighted by Gasteiger charge is 2.45. The van der Waals surface area contributed by atoms with E-state index >= 15 is 0 Å². The Morgan fingerprint density at radius 2 is 0.649 bits per heavy atom. The Kier molecular flexibility index (Phi) is 13.5. The largest absolute Gasteiger partial charge is 0.311 e. The number of fused-ring (bicyclic) bond motifs is 9. The molecule has 1 aromatic heterocycles. The van der Waals surface area contributed by atoms with Gasteiger partial charge >= 0.3 is 0 Å². The van der Waals surface area contributed by atoms with Crippen LogP contribution in [-0.4, -0.2) is 11.3 Å². The smallest absolute Gasteiger partial charge is 0.252 e. The van der Waals surface area contributed by atoms with Crippen molar-refractivity contribution in [2.75, 3.05) is 9.80 Å². The molecule has 0 fully saturated rings. The molecule has 0 radical (unpaired) electrons. The van der Waals surface area contributed by atoms with Gasteiger partial charge in [0, 0.05) is 44.9 Å². The Morgan fingerprint density at radius 1 is 0.298 bits per heavy atom. The number of hydrogen-bond donors (Lipinski definition) is 0. The van der Waals surface area contributed by atoms with Crippen molar-refractivity contribution in [3.63, 3.8) is 0 Å². The minimum atomic E-state index is -0.107. The molecule has 0 saturated carbocycles. The van der Waals surface area contributed by atoms with E-state index in [1.165, 1.54) is 165 Å². The van der Waals surface area contributed by atoms with E-state index in [1.807, 2.05) is 0 Å². The SMILES string of the molecule is CC(C)(C)c1cccc(-c2ccc3c(c2)N(c2ccc(-c4ccc5c(c4)C(C)(C)CCC5(C)C)cc2)c2cc(-n4c5ccccc5c5ccccc54)cc4c2B3c2ccc(-c3cccc(C(C)(C)C)c3)cc2N4c2ccc(-c3ccc4c(c3)C(C)(C)CCC4(C)C)cc2)c1. The van der Waals surface area contributed by atoms with E-state index in [9.17, 15) is 0 Å². The van der Waals surface area contributed by atoms with E-state index in [0.29, 0.717) is 0 Å². The van der Waals surface area contributed by atoms with E-state index in [4.69, 9.17) is 0 Å². The number of nitrogens with zero attached hydrogens (tertiary/aromatic N) is 3. The second-order valence-corrected chi connectivity index (χ2v) is 32.7. The number of anilines is 6. The van der Waals surface area contributed by atoms with E-state index in [-0.39, 0.29) is 39.2 Å². The van der Waals surface area contributed by atoms with E-state index in [2.05, 4.69) is 342 Å². The van der Waals surface area contributed by atoms with Crippen LogP contribution < -0.4 is 26.2 Å². The highest BCUT2D eigenvalue weighted by atomic mass is 15.2. The molecular formula is C90H88BN3. The predicted molar refractivity (Wildman–Crippen MR) is 405 cm³/mol. The fourth-order valence-corrected chi connectivity index (χ4v) is 16.7. The van der Waals surface area contributed by atoms with Crippen LogP contribution in [0.1, 0.15) is 156 Å². The molecule has 466 valence electrons. The molecule has 12 aromatic rings. The summed E-state index contributed by atoms with van der Waals surface area (Å²) in [4.78, 5) is 5.25. The molecule has 2 aliphatic heterocycles. The average molecular weight is 1220 g/mol. The molecule has 4 heteroatoms. The molecule has 2 aliphatic carbocycles. The van der Waals surface area contributed by atoms with Crippen molar-refractivity contribution in [2.24, 2.45) is 0 Å². The minimum absolute atomic E-state index is 0.0127. The summed E-state index contributed by atoms with van der Waals surface area (Å²) in [5.74, 6) is 0. The number of benzene rings is 11. The quantitative estimate of drug-likeness (QED) is 0.147. The third-order valence-corrected chi connectivity index (χ3v) is 22.6. The summed E-state index contributed by atoms with van der Waals surface area (Å²) in [7, 11) is 0. The van der Waals surface area contributed by atoms with Gasteiger partial charge in [-0.25, -0.2) is 0 Å². The molecule has 0 bridgehead atoms. The zero-order valence-corrected chi connectivity index (χ0v) is 57.7. The normalized spacial score (nSPS) is 16.5. The Hall–Kier alpha value is -9.12. The van der Waals surface area contributed by atoms with E-state index in [0.717, 1.165) is 17.1 Å². The molecule has 11 aromatic carbocycles. The zero-order chi connectivity index (χ0) is 65.2. The van der Waals surface area contributed by atoms with Gasteiger partial charge in [-0.2, -0.15) is 0 Å². The molecule has 0 atom stereocenters. The monoisotopic (exact) mass is 1220 g/mol. The average Bonchev–Trinajstić information content (AvgIpc) is 1.10. The molecule has 0 saturated heterocycles. The van der Waals surface area contributed by atoms with Crippen LogP contribution in [0.5, 0.6) is 0 Å². The van der Waals surface area contributed by atoms with Gasteiger partial charge in [-0.3, -0.25) is 0 Å². The molecule has 3 heterocycles. The van der Waals surface area contributed by atoms with Gasteiger partial charge in [0.1, 0.15) is 0 Å². The lowest BCUT2D eigenvalue weighted by Gasteiger charge is -2.45. The highest BCUT2D eigenvalue weighted by Crippen LogP contribution is 2.52. The fraction of sp³-hybridized carbons (Fsp3) is 0.267. The van der Waals surface area contributed by atoms with Gasteiger partial charge in [-0.05, 0) is 213 Å². The van der Waals surface area contributed by atoms with Crippen molar-refractivity contribution >= 4 is 79.0 Å². The lowest BCUT2D eigenvalue weighted by atomic mass is 9.33. The lowest BCUT2D eigenvalue weighted by molar-refractivity contribution is 0.332. The standard InChI is InChI=1S/C90H88BN3/c1-85(2,3)65-23-19-21-59(49-65)63-35-43-76-80(53-63)92(67-37-29-57(30-38-67)61-33-41-72-74(51-61)89(11,12)47-45-87(72,7)8)82-55-69(94-78-27-17-15-25-70(78)71-26-16-18-28-79(71)94)56-83-84(82)91(76)77-44-36-64(60-22-20-24-66(50-60)86(4,5)6)54-81(77)93(83)68-39-31-58(32-40-68)62-34-42-73-75(52-62)90(13,14)48-46-88(73,9)10/h15-44,49-56H,45-48H2,1-14H3. The maximum Gasteiger partial charge on any atom is 0.252 e. The predicted octanol–water partition coefficient (Wildman–Crippen LogP) is 22.8. The van der Waals surface area contributed by atoms with Crippen molar-refractivity contribution in [3.8, 4) is 50.2 Å². The molecule has 0 spiro atoms. The van der Waals surface area contributed by atoms with Crippen LogP contribution in [0.25, 0.3) is 72.0 Å². The third kappa shape index (κ3) is 9.74. The van der Waals surface area contributed by atoms with Gasteiger partial charge in [0.2, 0.25) is 0 Å². The Morgan fingerprint density at radius 3 is 1.05 bits per heavy atom. The lowest BCUT2D eigenvalue weighted by Crippen LogP contribution is -2.61. The van der Waals surface area contributed by atoms with Gasteiger partial charge in [0.25, 0.3) is 6.71 Å². The van der Waals surface area contributed by atoms with Gasteiger partial charge in [-0.1, -0.05) is 267 Å². The van der Waals surface area contributed by atoms with Crippen molar-refractivity contribution < 1.29 is 0 Å². The summed E-state index contributed by atoms with van der Waals surface area (Å²) in [6, 6.07) is 90.0. The Bertz CT molecular complexity index is 4740. The fourth-order valence-electron chi connectivity index (χ4n) is 16.7. The number of aromatic nitrogens is 1. The van der Waals surface area contributed by atoms with Crippen LogP contribution in [0.3, 0.4) is 0 Å². The van der Waals surface area contributed by atoms with Crippen molar-refractivity contribution in [2.45, 2.75) is 155 Å². The molecule has 94 heavy (non-hydrogen) atoms. The summed E-state index contributed by atoms with van der Waals surface area (Å²) in [6.45, 7) is 33.3. The van der Waals surface area contributed by atoms with Crippen molar-refractivity contribution in [1.29, 1.82) is 0 Å². The zero-order valence-electron chi connectivity index (χ0n) is 57.7. The van der Waals surface area contributed by atoms with E-state index in [1.54, 1.807) is 0 Å².